The molecule has 1 aliphatic rings. The van der Waals surface area contributed by atoms with Crippen LogP contribution in [-0.4, -0.2) is 35.7 Å². The van der Waals surface area contributed by atoms with Crippen LogP contribution in [0.4, 0.5) is 14.5 Å². The van der Waals surface area contributed by atoms with E-state index in [9.17, 15) is 28.4 Å². The van der Waals surface area contributed by atoms with Gasteiger partial charge in [-0.15, -0.1) is 0 Å². The first kappa shape index (κ1) is 25.9. The van der Waals surface area contributed by atoms with Crippen LogP contribution in [-0.2, 0) is 11.2 Å². The molecule has 0 N–H and O–H groups in total. The smallest absolute Gasteiger partial charge is 0.262 e. The molecule has 0 spiro atoms. The average molecular weight is 514 g/mol. The number of likely N-dealkylation sites (N-methyl/N-ethyl adjacent to an activating group) is 1. The second-order valence-electron chi connectivity index (χ2n) is 7.70. The molecule has 35 heavy (non-hydrogen) atoms. The SMILES string of the molecule is CN(C(=O)[C@H](Cc1cc(F)cc(F)c1)N1C(=O)c2ccccc2C1=O)c1ccc(Cl)c(C#N)c1.S. The van der Waals surface area contributed by atoms with Crippen LogP contribution in [0, 0.1) is 23.0 Å². The highest BCUT2D eigenvalue weighted by Gasteiger charge is 2.43. The maximum absolute atomic E-state index is 13.8. The maximum atomic E-state index is 13.8. The summed E-state index contributed by atoms with van der Waals surface area (Å²) in [6, 6.07) is 13.7. The number of halogens is 3. The van der Waals surface area contributed by atoms with Gasteiger partial charge in [0.2, 0.25) is 5.91 Å². The van der Waals surface area contributed by atoms with E-state index < -0.39 is 35.4 Å². The van der Waals surface area contributed by atoms with Crippen molar-refractivity contribution in [3.8, 4) is 6.07 Å². The monoisotopic (exact) mass is 513 g/mol. The number of amides is 3. The number of carbonyl (C=O) groups is 3. The molecule has 1 heterocycles. The molecular weight excluding hydrogens is 496 g/mol. The number of nitriles is 1. The first-order chi connectivity index (χ1) is 16.2. The molecule has 1 aliphatic heterocycles. The summed E-state index contributed by atoms with van der Waals surface area (Å²) < 4.78 is 27.7. The van der Waals surface area contributed by atoms with E-state index in [1.165, 1.54) is 42.3 Å². The van der Waals surface area contributed by atoms with Gasteiger partial charge in [0.05, 0.1) is 21.7 Å². The predicted octanol–water partition coefficient (Wildman–Crippen LogP) is 4.47. The Kier molecular flexibility index (Phi) is 7.58. The zero-order valence-electron chi connectivity index (χ0n) is 18.3. The Balaban J connectivity index is 0.00000342. The van der Waals surface area contributed by atoms with Crippen molar-refractivity contribution in [3.63, 3.8) is 0 Å². The van der Waals surface area contributed by atoms with Crippen molar-refractivity contribution >= 4 is 48.5 Å². The van der Waals surface area contributed by atoms with Crippen LogP contribution in [0.2, 0.25) is 5.02 Å². The molecule has 4 rings (SSSR count). The lowest BCUT2D eigenvalue weighted by atomic mass is 10.0. The molecule has 0 saturated heterocycles. The summed E-state index contributed by atoms with van der Waals surface area (Å²) in [5.74, 6) is -3.76. The molecule has 3 amide bonds. The molecule has 0 fully saturated rings. The first-order valence-electron chi connectivity index (χ1n) is 10.1. The lowest BCUT2D eigenvalue weighted by molar-refractivity contribution is -0.122. The molecule has 0 aliphatic carbocycles. The fourth-order valence-corrected chi connectivity index (χ4v) is 4.05. The van der Waals surface area contributed by atoms with Crippen LogP contribution in [0.3, 0.4) is 0 Å². The molecule has 1 atom stereocenters. The van der Waals surface area contributed by atoms with E-state index in [4.69, 9.17) is 11.6 Å². The van der Waals surface area contributed by atoms with Gasteiger partial charge in [-0.25, -0.2) is 8.78 Å². The van der Waals surface area contributed by atoms with Crippen molar-refractivity contribution in [1.82, 2.24) is 4.90 Å². The zero-order valence-corrected chi connectivity index (χ0v) is 20.0. The number of hydrogen-bond acceptors (Lipinski definition) is 4. The van der Waals surface area contributed by atoms with Crippen molar-refractivity contribution in [2.75, 3.05) is 11.9 Å². The Hall–Kier alpha value is -3.74. The maximum Gasteiger partial charge on any atom is 0.262 e. The van der Waals surface area contributed by atoms with Crippen LogP contribution in [0.25, 0.3) is 0 Å². The molecule has 0 saturated carbocycles. The largest absolute Gasteiger partial charge is 0.314 e. The molecule has 0 unspecified atom stereocenters. The number of benzene rings is 3. The number of rotatable bonds is 5. The molecular formula is C25H18ClF2N3O3S. The van der Waals surface area contributed by atoms with Gasteiger partial charge in [-0.2, -0.15) is 18.8 Å². The number of fused-ring (bicyclic) bond motifs is 1. The van der Waals surface area contributed by atoms with Crippen molar-refractivity contribution in [3.05, 3.63) is 99.6 Å². The topological polar surface area (TPSA) is 81.5 Å². The summed E-state index contributed by atoms with van der Waals surface area (Å²) in [7, 11) is 1.41. The third-order valence-electron chi connectivity index (χ3n) is 5.56. The summed E-state index contributed by atoms with van der Waals surface area (Å²) in [5, 5.41) is 9.45. The first-order valence-corrected chi connectivity index (χ1v) is 10.5. The second-order valence-corrected chi connectivity index (χ2v) is 8.10. The van der Waals surface area contributed by atoms with E-state index in [-0.39, 0.29) is 52.9 Å². The van der Waals surface area contributed by atoms with E-state index in [0.717, 1.165) is 17.0 Å². The minimum Gasteiger partial charge on any atom is -0.314 e. The van der Waals surface area contributed by atoms with Crippen LogP contribution < -0.4 is 4.90 Å². The number of nitrogens with zero attached hydrogens (tertiary/aromatic N) is 3. The van der Waals surface area contributed by atoms with Gasteiger partial charge in [0.1, 0.15) is 23.7 Å². The summed E-state index contributed by atoms with van der Waals surface area (Å²) in [6.45, 7) is 0. The van der Waals surface area contributed by atoms with Gasteiger partial charge in [0.25, 0.3) is 11.8 Å². The Labute approximate surface area is 211 Å². The lowest BCUT2D eigenvalue weighted by Gasteiger charge is -2.30. The highest BCUT2D eigenvalue weighted by Crippen LogP contribution is 2.29. The molecule has 178 valence electrons. The molecule has 6 nitrogen and oxygen atoms in total. The summed E-state index contributed by atoms with van der Waals surface area (Å²) in [5.41, 5.74) is 0.782. The molecule has 3 aromatic carbocycles. The highest BCUT2D eigenvalue weighted by atomic mass is 35.5. The number of imide groups is 1. The minimum absolute atomic E-state index is 0. The van der Waals surface area contributed by atoms with Gasteiger partial charge in [-0.1, -0.05) is 23.7 Å². The van der Waals surface area contributed by atoms with E-state index in [1.807, 2.05) is 6.07 Å². The van der Waals surface area contributed by atoms with Crippen molar-refractivity contribution in [1.29, 1.82) is 5.26 Å². The fourth-order valence-electron chi connectivity index (χ4n) is 3.89. The molecule has 0 bridgehead atoms. The summed E-state index contributed by atoms with van der Waals surface area (Å²) in [4.78, 5) is 41.8. The normalized spacial score (nSPS) is 13.1. The second kappa shape index (κ2) is 10.3. The quantitative estimate of drug-likeness (QED) is 0.471. The average Bonchev–Trinajstić information content (AvgIpc) is 3.06. The molecule has 3 aromatic rings. The molecule has 10 heteroatoms. The van der Waals surface area contributed by atoms with E-state index >= 15 is 0 Å². The van der Waals surface area contributed by atoms with Gasteiger partial charge in [-0.05, 0) is 48.0 Å². The molecule has 0 radical (unpaired) electrons. The molecule has 0 aromatic heterocycles. The third-order valence-corrected chi connectivity index (χ3v) is 5.89. The van der Waals surface area contributed by atoms with Crippen LogP contribution in [0.1, 0.15) is 31.8 Å². The summed E-state index contributed by atoms with van der Waals surface area (Å²) >= 11 is 5.98. The Morgan fingerprint density at radius 1 is 1.03 bits per heavy atom. The third kappa shape index (κ3) is 4.90. The van der Waals surface area contributed by atoms with Gasteiger partial charge < -0.3 is 4.90 Å². The van der Waals surface area contributed by atoms with E-state index in [0.29, 0.717) is 6.07 Å². The Morgan fingerprint density at radius 2 is 1.60 bits per heavy atom. The standard InChI is InChI=1S/C25H16ClF2N3O3.H2S/c1-30(18-6-7-21(26)15(11-18)13-29)25(34)22(10-14-8-16(27)12-17(28)9-14)31-23(32)19-4-2-3-5-20(19)24(31)33;/h2-9,11-12,22H,10H2,1H3;1H2/t22-;/m0./s1. The lowest BCUT2D eigenvalue weighted by Crippen LogP contribution is -2.51. The predicted molar refractivity (Wildman–Crippen MR) is 131 cm³/mol. The van der Waals surface area contributed by atoms with Crippen molar-refractivity contribution < 1.29 is 23.2 Å². The van der Waals surface area contributed by atoms with Crippen molar-refractivity contribution in [2.24, 2.45) is 0 Å². The highest BCUT2D eigenvalue weighted by molar-refractivity contribution is 7.59. The Morgan fingerprint density at radius 3 is 2.14 bits per heavy atom. The zero-order chi connectivity index (χ0) is 24.6. The van der Waals surface area contributed by atoms with E-state index in [2.05, 4.69) is 0 Å². The van der Waals surface area contributed by atoms with Gasteiger partial charge in [0.15, 0.2) is 0 Å². The van der Waals surface area contributed by atoms with Gasteiger partial charge in [0, 0.05) is 25.2 Å². The number of hydrogen-bond donors (Lipinski definition) is 0. The van der Waals surface area contributed by atoms with Crippen molar-refractivity contribution in [2.45, 2.75) is 12.5 Å². The number of anilines is 1. The minimum atomic E-state index is -1.40. The van der Waals surface area contributed by atoms with Gasteiger partial charge >= 0.3 is 0 Å². The van der Waals surface area contributed by atoms with E-state index in [1.54, 1.807) is 12.1 Å². The van der Waals surface area contributed by atoms with Crippen LogP contribution in [0.15, 0.2) is 60.7 Å². The number of carbonyl (C=O) groups excluding carboxylic acids is 3. The van der Waals surface area contributed by atoms with Crippen LogP contribution >= 0.6 is 25.1 Å². The van der Waals surface area contributed by atoms with Crippen LogP contribution in [0.5, 0.6) is 0 Å². The summed E-state index contributed by atoms with van der Waals surface area (Å²) in [6.07, 6.45) is -0.317. The fraction of sp³-hybridized carbons (Fsp3) is 0.120. The Bertz CT molecular complexity index is 1340. The van der Waals surface area contributed by atoms with Gasteiger partial charge in [-0.3, -0.25) is 19.3 Å².